The average molecular weight is 244 g/mol. The third-order valence-electron chi connectivity index (χ3n) is 3.51. The first-order valence-corrected chi connectivity index (χ1v) is 6.18. The van der Waals surface area contributed by atoms with Gasteiger partial charge in [0.15, 0.2) is 0 Å². The lowest BCUT2D eigenvalue weighted by Crippen LogP contribution is -2.32. The van der Waals surface area contributed by atoms with Crippen LogP contribution in [0, 0.1) is 0 Å². The molecule has 1 atom stereocenters. The normalized spacial score (nSPS) is 20.3. The van der Waals surface area contributed by atoms with E-state index in [1.165, 1.54) is 0 Å². The lowest BCUT2D eigenvalue weighted by Gasteiger charge is -2.24. The quantitative estimate of drug-likeness (QED) is 0.851. The molecule has 3 rings (SSSR count). The lowest BCUT2D eigenvalue weighted by atomic mass is 9.95. The van der Waals surface area contributed by atoms with Gasteiger partial charge < -0.3 is 15.0 Å². The molecule has 94 valence electrons. The Morgan fingerprint density at radius 2 is 2.28 bits per heavy atom. The number of fused-ring (bicyclic) bond motifs is 1. The van der Waals surface area contributed by atoms with Crippen molar-refractivity contribution in [2.75, 3.05) is 13.7 Å². The number of aromatic nitrogens is 1. The molecule has 4 nitrogen and oxygen atoms in total. The van der Waals surface area contributed by atoms with Gasteiger partial charge in [-0.05, 0) is 18.2 Å². The Kier molecular flexibility index (Phi) is 2.80. The molecule has 4 heteroatoms. The molecule has 0 amide bonds. The summed E-state index contributed by atoms with van der Waals surface area (Å²) < 4.78 is 5.45. The number of aromatic amines is 1. The Balaban J connectivity index is 2.05. The van der Waals surface area contributed by atoms with Crippen LogP contribution in [-0.2, 0) is 4.79 Å². The maximum absolute atomic E-state index is 11.6. The zero-order chi connectivity index (χ0) is 12.5. The van der Waals surface area contributed by atoms with E-state index < -0.39 is 0 Å². The van der Waals surface area contributed by atoms with Gasteiger partial charge in [-0.1, -0.05) is 0 Å². The number of piperidine rings is 1. The van der Waals surface area contributed by atoms with E-state index in [2.05, 4.69) is 16.4 Å². The molecule has 1 aliphatic heterocycles. The summed E-state index contributed by atoms with van der Waals surface area (Å²) >= 11 is 0. The van der Waals surface area contributed by atoms with E-state index in [0.717, 1.165) is 28.8 Å². The minimum Gasteiger partial charge on any atom is -0.496 e. The highest BCUT2D eigenvalue weighted by Crippen LogP contribution is 2.32. The number of carbonyl (C=O) groups is 1. The number of nitrogens with one attached hydrogen (secondary N) is 2. The van der Waals surface area contributed by atoms with Gasteiger partial charge in [0.25, 0.3) is 0 Å². The molecule has 0 radical (unpaired) electrons. The fourth-order valence-electron chi connectivity index (χ4n) is 2.55. The number of rotatable bonds is 2. The Morgan fingerprint density at radius 3 is 3.06 bits per heavy atom. The Hall–Kier alpha value is -1.81. The topological polar surface area (TPSA) is 54.1 Å². The van der Waals surface area contributed by atoms with Crippen LogP contribution in [0.25, 0.3) is 10.9 Å². The van der Waals surface area contributed by atoms with Crippen LogP contribution in [0.5, 0.6) is 5.75 Å². The predicted molar refractivity (Wildman–Crippen MR) is 69.8 cm³/mol. The second-order valence-electron chi connectivity index (χ2n) is 4.66. The van der Waals surface area contributed by atoms with E-state index in [-0.39, 0.29) is 6.04 Å². The maximum Gasteiger partial charge on any atom is 0.136 e. The summed E-state index contributed by atoms with van der Waals surface area (Å²) in [5.74, 6) is 1.15. The number of carbonyl (C=O) groups excluding carboxylic acids is 1. The highest BCUT2D eigenvalue weighted by molar-refractivity contribution is 5.84. The Bertz CT molecular complexity index is 588. The summed E-state index contributed by atoms with van der Waals surface area (Å²) in [5, 5.41) is 4.51. The molecular weight excluding hydrogens is 228 g/mol. The smallest absolute Gasteiger partial charge is 0.136 e. The molecule has 1 fully saturated rings. The minimum atomic E-state index is 0.0638. The number of hydrogen-bond donors (Lipinski definition) is 2. The van der Waals surface area contributed by atoms with Gasteiger partial charge in [-0.2, -0.15) is 0 Å². The standard InChI is InChI=1S/C14H16N2O2/c1-18-14-6-9-2-4-15-12(9)8-11(14)13-7-10(17)3-5-16-13/h2,4,6,8,13,15-16H,3,5,7H2,1H3. The fraction of sp³-hybridized carbons (Fsp3) is 0.357. The van der Waals surface area contributed by atoms with Crippen LogP contribution < -0.4 is 10.1 Å². The molecular formula is C14H16N2O2. The largest absolute Gasteiger partial charge is 0.496 e. The van der Waals surface area contributed by atoms with Gasteiger partial charge >= 0.3 is 0 Å². The molecule has 0 bridgehead atoms. The lowest BCUT2D eigenvalue weighted by molar-refractivity contribution is -0.120. The molecule has 1 aliphatic rings. The van der Waals surface area contributed by atoms with Crippen LogP contribution in [0.3, 0.4) is 0 Å². The molecule has 0 aliphatic carbocycles. The average Bonchev–Trinajstić information content (AvgIpc) is 2.84. The molecule has 1 saturated heterocycles. The van der Waals surface area contributed by atoms with Gasteiger partial charge in [0.05, 0.1) is 7.11 Å². The summed E-state index contributed by atoms with van der Waals surface area (Å²) in [6, 6.07) is 6.17. The van der Waals surface area contributed by atoms with Crippen molar-refractivity contribution in [3.05, 3.63) is 30.0 Å². The summed E-state index contributed by atoms with van der Waals surface area (Å²) in [6.07, 6.45) is 3.08. The number of ether oxygens (including phenoxy) is 1. The molecule has 2 aromatic rings. The fourth-order valence-corrected chi connectivity index (χ4v) is 2.55. The van der Waals surface area contributed by atoms with Crippen LogP contribution in [0.15, 0.2) is 24.4 Å². The number of benzene rings is 1. The minimum absolute atomic E-state index is 0.0638. The first-order chi connectivity index (χ1) is 8.78. The summed E-state index contributed by atoms with van der Waals surface area (Å²) in [5.41, 5.74) is 2.13. The summed E-state index contributed by atoms with van der Waals surface area (Å²) in [7, 11) is 1.67. The monoisotopic (exact) mass is 244 g/mol. The van der Waals surface area contributed by atoms with Crippen molar-refractivity contribution in [1.82, 2.24) is 10.3 Å². The molecule has 18 heavy (non-hydrogen) atoms. The maximum atomic E-state index is 11.6. The zero-order valence-electron chi connectivity index (χ0n) is 10.3. The molecule has 1 unspecified atom stereocenters. The number of ketones is 1. The molecule has 2 heterocycles. The van der Waals surface area contributed by atoms with Crippen LogP contribution in [0.4, 0.5) is 0 Å². The Morgan fingerprint density at radius 1 is 1.39 bits per heavy atom. The number of hydrogen-bond acceptors (Lipinski definition) is 3. The van der Waals surface area contributed by atoms with E-state index in [1.54, 1.807) is 7.11 Å². The van der Waals surface area contributed by atoms with Crippen molar-refractivity contribution in [2.24, 2.45) is 0 Å². The first kappa shape index (κ1) is 11.3. The second-order valence-corrected chi connectivity index (χ2v) is 4.66. The van der Waals surface area contributed by atoms with Gasteiger partial charge in [0, 0.05) is 48.1 Å². The molecule has 2 N–H and O–H groups in total. The van der Waals surface area contributed by atoms with Gasteiger partial charge in [-0.25, -0.2) is 0 Å². The molecule has 1 aromatic carbocycles. The van der Waals surface area contributed by atoms with E-state index in [1.807, 2.05) is 18.3 Å². The van der Waals surface area contributed by atoms with Gasteiger partial charge in [0.1, 0.15) is 11.5 Å². The predicted octanol–water partition coefficient (Wildman–Crippen LogP) is 2.17. The highest BCUT2D eigenvalue weighted by atomic mass is 16.5. The van der Waals surface area contributed by atoms with Gasteiger partial charge in [0.2, 0.25) is 0 Å². The second kappa shape index (κ2) is 4.46. The van der Waals surface area contributed by atoms with Crippen molar-refractivity contribution in [3.63, 3.8) is 0 Å². The zero-order valence-corrected chi connectivity index (χ0v) is 10.3. The Labute approximate surface area is 105 Å². The van der Waals surface area contributed by atoms with Crippen LogP contribution in [0.2, 0.25) is 0 Å². The number of methoxy groups -OCH3 is 1. The van der Waals surface area contributed by atoms with E-state index in [0.29, 0.717) is 18.6 Å². The summed E-state index contributed by atoms with van der Waals surface area (Å²) in [6.45, 7) is 0.745. The van der Waals surface area contributed by atoms with E-state index in [9.17, 15) is 4.79 Å². The summed E-state index contributed by atoms with van der Waals surface area (Å²) in [4.78, 5) is 14.8. The first-order valence-electron chi connectivity index (χ1n) is 6.18. The van der Waals surface area contributed by atoms with Crippen LogP contribution >= 0.6 is 0 Å². The highest BCUT2D eigenvalue weighted by Gasteiger charge is 2.23. The van der Waals surface area contributed by atoms with Crippen molar-refractivity contribution in [3.8, 4) is 5.75 Å². The number of Topliss-reactive ketones (excluding diaryl/α,β-unsaturated/α-hetero) is 1. The molecule has 0 spiro atoms. The van der Waals surface area contributed by atoms with Crippen molar-refractivity contribution in [1.29, 1.82) is 0 Å². The van der Waals surface area contributed by atoms with Crippen LogP contribution in [0.1, 0.15) is 24.4 Å². The number of H-pyrrole nitrogens is 1. The third kappa shape index (κ3) is 1.88. The van der Waals surface area contributed by atoms with Crippen LogP contribution in [-0.4, -0.2) is 24.4 Å². The van der Waals surface area contributed by atoms with E-state index >= 15 is 0 Å². The third-order valence-corrected chi connectivity index (χ3v) is 3.51. The van der Waals surface area contributed by atoms with Gasteiger partial charge in [-0.15, -0.1) is 0 Å². The SMILES string of the molecule is COc1cc2cc[nH]c2cc1C1CC(=O)CCN1. The molecule has 0 saturated carbocycles. The van der Waals surface area contributed by atoms with Crippen molar-refractivity contribution >= 4 is 16.7 Å². The van der Waals surface area contributed by atoms with Crippen molar-refractivity contribution < 1.29 is 9.53 Å². The van der Waals surface area contributed by atoms with E-state index in [4.69, 9.17) is 4.74 Å². The molecule has 1 aromatic heterocycles. The van der Waals surface area contributed by atoms with Crippen molar-refractivity contribution in [2.45, 2.75) is 18.9 Å². The van der Waals surface area contributed by atoms with Gasteiger partial charge in [-0.3, -0.25) is 4.79 Å².